The molecule has 1 atom stereocenters. The van der Waals surface area contributed by atoms with Crippen LogP contribution in [0.4, 0.5) is 0 Å². The molecule has 1 amide bonds. The molecule has 0 aliphatic carbocycles. The predicted molar refractivity (Wildman–Crippen MR) is 61.5 cm³/mol. The van der Waals surface area contributed by atoms with E-state index in [0.717, 1.165) is 10.0 Å². The van der Waals surface area contributed by atoms with E-state index in [1.54, 1.807) is 7.05 Å². The van der Waals surface area contributed by atoms with Crippen LogP contribution in [0.25, 0.3) is 0 Å². The Hall–Kier alpha value is -1.36. The molecule has 4 nitrogen and oxygen atoms in total. The Morgan fingerprint density at radius 3 is 2.53 bits per heavy atom. The molecule has 1 aromatic carbocycles. The number of carbonyl (C=O) groups excluding carboxylic acids is 1. The zero-order chi connectivity index (χ0) is 10.8. The molecule has 2 rings (SSSR count). The number of benzene rings is 1. The summed E-state index contributed by atoms with van der Waals surface area (Å²) in [5, 5.41) is 5.66. The van der Waals surface area contributed by atoms with Gasteiger partial charge in [0, 0.05) is 11.5 Å². The number of halogens is 1. The summed E-state index contributed by atoms with van der Waals surface area (Å²) in [7, 11) is 1.63. The second kappa shape index (κ2) is 4.02. The number of hydrogen-bond donors (Lipinski definition) is 2. The fourth-order valence-electron chi connectivity index (χ4n) is 1.44. The van der Waals surface area contributed by atoms with Crippen LogP contribution >= 0.6 is 15.9 Å². The smallest absolute Gasteiger partial charge is 0.253 e. The van der Waals surface area contributed by atoms with Crippen LogP contribution in [0.3, 0.4) is 0 Å². The molecule has 2 N–H and O–H groups in total. The minimum absolute atomic E-state index is 0.0714. The van der Waals surface area contributed by atoms with Crippen molar-refractivity contribution in [2.75, 3.05) is 7.05 Å². The van der Waals surface area contributed by atoms with E-state index in [-0.39, 0.29) is 11.9 Å². The highest BCUT2D eigenvalue weighted by Gasteiger charge is 2.28. The lowest BCUT2D eigenvalue weighted by Crippen LogP contribution is -2.24. The number of aliphatic imine (C=N–C) groups is 1. The van der Waals surface area contributed by atoms with Crippen LogP contribution in [-0.2, 0) is 4.79 Å². The quantitative estimate of drug-likeness (QED) is 0.804. The van der Waals surface area contributed by atoms with Gasteiger partial charge in [0.05, 0.1) is 0 Å². The van der Waals surface area contributed by atoms with Gasteiger partial charge < -0.3 is 5.32 Å². The Morgan fingerprint density at radius 2 is 2.00 bits per heavy atom. The number of nitrogens with zero attached hydrogens (tertiary/aromatic N) is 1. The highest BCUT2D eigenvalue weighted by molar-refractivity contribution is 9.10. The van der Waals surface area contributed by atoms with Crippen LogP contribution in [0, 0.1) is 0 Å². The van der Waals surface area contributed by atoms with Gasteiger partial charge in [-0.2, -0.15) is 0 Å². The molecule has 0 aromatic heterocycles. The first-order valence-electron chi connectivity index (χ1n) is 4.50. The van der Waals surface area contributed by atoms with Crippen LogP contribution in [0.15, 0.2) is 33.7 Å². The van der Waals surface area contributed by atoms with E-state index < -0.39 is 0 Å². The van der Waals surface area contributed by atoms with Gasteiger partial charge in [0.1, 0.15) is 6.04 Å². The van der Waals surface area contributed by atoms with E-state index in [1.165, 1.54) is 0 Å². The van der Waals surface area contributed by atoms with Crippen molar-refractivity contribution in [1.29, 1.82) is 0 Å². The number of hydrogen-bond acceptors (Lipinski definition) is 2. The lowest BCUT2D eigenvalue weighted by atomic mass is 10.1. The zero-order valence-corrected chi connectivity index (χ0v) is 9.71. The third-order valence-electron chi connectivity index (χ3n) is 2.21. The van der Waals surface area contributed by atoms with Crippen LogP contribution in [0.2, 0.25) is 0 Å². The summed E-state index contributed by atoms with van der Waals surface area (Å²) in [4.78, 5) is 15.5. The summed E-state index contributed by atoms with van der Waals surface area (Å²) in [6.45, 7) is 0. The van der Waals surface area contributed by atoms with E-state index >= 15 is 0 Å². The maximum absolute atomic E-state index is 11.6. The molecule has 1 aromatic rings. The third-order valence-corrected chi connectivity index (χ3v) is 2.74. The molecule has 1 saturated heterocycles. The monoisotopic (exact) mass is 267 g/mol. The predicted octanol–water partition coefficient (Wildman–Crippen LogP) is 1.20. The number of guanidine groups is 1. The molecular formula is C10H10BrN3O. The van der Waals surface area contributed by atoms with Crippen molar-refractivity contribution in [1.82, 2.24) is 10.6 Å². The Morgan fingerprint density at radius 1 is 1.33 bits per heavy atom. The summed E-state index contributed by atoms with van der Waals surface area (Å²) in [5.41, 5.74) is 0.925. The normalized spacial score (nSPS) is 22.7. The van der Waals surface area contributed by atoms with Gasteiger partial charge in [-0.15, -0.1) is 0 Å². The lowest BCUT2D eigenvalue weighted by molar-refractivity contribution is -0.120. The van der Waals surface area contributed by atoms with Crippen molar-refractivity contribution in [3.8, 4) is 0 Å². The van der Waals surface area contributed by atoms with Crippen LogP contribution in [-0.4, -0.2) is 18.9 Å². The summed E-state index contributed by atoms with van der Waals surface area (Å²) in [6.07, 6.45) is 0. The maximum Gasteiger partial charge on any atom is 0.253 e. The maximum atomic E-state index is 11.6. The molecule has 1 fully saturated rings. The molecule has 1 aliphatic rings. The van der Waals surface area contributed by atoms with Gasteiger partial charge in [0.2, 0.25) is 0 Å². The largest absolute Gasteiger partial charge is 0.340 e. The first kappa shape index (κ1) is 10.2. The Kier molecular flexibility index (Phi) is 2.73. The topological polar surface area (TPSA) is 53.5 Å². The molecule has 1 unspecified atom stereocenters. The molecule has 1 heterocycles. The fourth-order valence-corrected chi connectivity index (χ4v) is 1.70. The van der Waals surface area contributed by atoms with Gasteiger partial charge in [-0.05, 0) is 17.7 Å². The minimum atomic E-state index is -0.336. The Balaban J connectivity index is 2.25. The highest BCUT2D eigenvalue weighted by Crippen LogP contribution is 2.19. The van der Waals surface area contributed by atoms with Gasteiger partial charge in [-0.1, -0.05) is 28.1 Å². The lowest BCUT2D eigenvalue weighted by Gasteiger charge is -2.07. The van der Waals surface area contributed by atoms with Crippen molar-refractivity contribution in [2.45, 2.75) is 6.04 Å². The summed E-state index contributed by atoms with van der Waals surface area (Å²) < 4.78 is 0.994. The molecule has 15 heavy (non-hydrogen) atoms. The molecule has 5 heteroatoms. The van der Waals surface area contributed by atoms with Crippen molar-refractivity contribution in [3.05, 3.63) is 34.3 Å². The van der Waals surface area contributed by atoms with Crippen molar-refractivity contribution < 1.29 is 4.79 Å². The average molecular weight is 268 g/mol. The molecule has 0 spiro atoms. The van der Waals surface area contributed by atoms with Crippen molar-refractivity contribution in [3.63, 3.8) is 0 Å². The van der Waals surface area contributed by atoms with Gasteiger partial charge in [0.15, 0.2) is 5.96 Å². The van der Waals surface area contributed by atoms with E-state index in [4.69, 9.17) is 0 Å². The number of rotatable bonds is 1. The standard InChI is InChI=1S/C10H10BrN3O/c1-12-10-13-8(9(15)14-10)6-2-4-7(11)5-3-6/h2-5,8H,1H3,(H2,12,13,14,15). The summed E-state index contributed by atoms with van der Waals surface area (Å²) in [5.74, 6) is 0.450. The van der Waals surface area contributed by atoms with Crippen molar-refractivity contribution in [2.24, 2.45) is 4.99 Å². The van der Waals surface area contributed by atoms with E-state index in [2.05, 4.69) is 31.6 Å². The second-order valence-corrected chi connectivity index (χ2v) is 4.11. The first-order chi connectivity index (χ1) is 7.20. The van der Waals surface area contributed by atoms with E-state index in [9.17, 15) is 4.79 Å². The summed E-state index contributed by atoms with van der Waals surface area (Å²) in [6, 6.07) is 7.29. The fraction of sp³-hybridized carbons (Fsp3) is 0.200. The second-order valence-electron chi connectivity index (χ2n) is 3.19. The molecule has 0 bridgehead atoms. The van der Waals surface area contributed by atoms with Gasteiger partial charge in [-0.25, -0.2) is 0 Å². The van der Waals surface area contributed by atoms with Gasteiger partial charge in [0.25, 0.3) is 5.91 Å². The van der Waals surface area contributed by atoms with Crippen LogP contribution < -0.4 is 10.6 Å². The molecule has 1 aliphatic heterocycles. The van der Waals surface area contributed by atoms with E-state index in [0.29, 0.717) is 5.96 Å². The highest BCUT2D eigenvalue weighted by atomic mass is 79.9. The third kappa shape index (κ3) is 2.02. The SMILES string of the molecule is CN=C1NC(=O)C(c2ccc(Br)cc2)N1. The zero-order valence-electron chi connectivity index (χ0n) is 8.12. The first-order valence-corrected chi connectivity index (χ1v) is 5.29. The van der Waals surface area contributed by atoms with E-state index in [1.807, 2.05) is 24.3 Å². The van der Waals surface area contributed by atoms with Gasteiger partial charge in [-0.3, -0.25) is 15.1 Å². The minimum Gasteiger partial charge on any atom is -0.340 e. The van der Waals surface area contributed by atoms with Gasteiger partial charge >= 0.3 is 0 Å². The van der Waals surface area contributed by atoms with Crippen LogP contribution in [0.1, 0.15) is 11.6 Å². The number of nitrogens with one attached hydrogen (secondary N) is 2. The Labute approximate surface area is 95.9 Å². The van der Waals surface area contributed by atoms with Crippen molar-refractivity contribution >= 4 is 27.8 Å². The number of amides is 1. The number of carbonyl (C=O) groups is 1. The average Bonchev–Trinajstić information content (AvgIpc) is 2.61. The molecular weight excluding hydrogens is 258 g/mol. The summed E-state index contributed by atoms with van der Waals surface area (Å²) >= 11 is 3.35. The molecule has 0 saturated carbocycles. The Bertz CT molecular complexity index is 413. The molecule has 0 radical (unpaired) electrons. The van der Waals surface area contributed by atoms with Crippen LogP contribution in [0.5, 0.6) is 0 Å². The molecule has 78 valence electrons.